The van der Waals surface area contributed by atoms with Gasteiger partial charge in [-0.05, 0) is 0 Å². The molecule has 0 radical (unpaired) electrons. The van der Waals surface area contributed by atoms with Crippen molar-refractivity contribution < 1.29 is 22.4 Å². The molecule has 0 fully saturated rings. The van der Waals surface area contributed by atoms with Crippen LogP contribution in [0.5, 0.6) is 0 Å². The Morgan fingerprint density at radius 3 is 1.62 bits per heavy atom. The summed E-state index contributed by atoms with van der Waals surface area (Å²) in [5, 5.41) is 0. The molecule has 0 saturated heterocycles. The van der Waals surface area contributed by atoms with Gasteiger partial charge in [0.2, 0.25) is 0 Å². The van der Waals surface area contributed by atoms with E-state index in [1.54, 1.807) is 0 Å². The molecular formula is C14H20AuSb. The molecule has 16 heavy (non-hydrogen) atoms. The maximum absolute atomic E-state index is 6.69. The van der Waals surface area contributed by atoms with E-state index in [9.17, 15) is 0 Å². The molecule has 0 aliphatic carbocycles. The minimum Gasteiger partial charge on any atom is -0.366 e. The van der Waals surface area contributed by atoms with Crippen LogP contribution in [0.3, 0.4) is 0 Å². The Labute approximate surface area is 124 Å². The molecule has 1 rings (SSSR count). The Bertz CT molecular complexity index is 267. The van der Waals surface area contributed by atoms with Gasteiger partial charge in [0.1, 0.15) is 0 Å². The van der Waals surface area contributed by atoms with Crippen LogP contribution in [-0.4, -0.2) is 20.2 Å². The largest absolute Gasteiger partial charge is 1.00 e. The average Bonchev–Trinajstić information content (AvgIpc) is 2.33. The van der Waals surface area contributed by atoms with Gasteiger partial charge in [0.15, 0.2) is 0 Å². The molecule has 0 spiro atoms. The van der Waals surface area contributed by atoms with E-state index in [0.29, 0.717) is 0 Å². The first-order valence-electron chi connectivity index (χ1n) is 5.48. The SMILES string of the molecule is C[CH2][Sb]([CH2]C)[CH2]C.[Au+].[C-]#Cc1ccccc1. The summed E-state index contributed by atoms with van der Waals surface area (Å²) in [5.74, 6) is 2.28. The smallest absolute Gasteiger partial charge is 0.366 e. The van der Waals surface area contributed by atoms with E-state index in [4.69, 9.17) is 6.42 Å². The van der Waals surface area contributed by atoms with Gasteiger partial charge in [-0.15, -0.1) is 17.7 Å². The van der Waals surface area contributed by atoms with Gasteiger partial charge >= 0.3 is 76.5 Å². The normalized spacial score (nSPS) is 8.44. The molecule has 0 nitrogen and oxygen atoms in total. The Morgan fingerprint density at radius 2 is 1.44 bits per heavy atom. The van der Waals surface area contributed by atoms with Crippen LogP contribution in [0.4, 0.5) is 0 Å². The van der Waals surface area contributed by atoms with Crippen molar-refractivity contribution in [2.24, 2.45) is 0 Å². The molecule has 0 amide bonds. The van der Waals surface area contributed by atoms with Crippen molar-refractivity contribution >= 4 is 20.2 Å². The molecule has 0 heterocycles. The maximum Gasteiger partial charge on any atom is 1.00 e. The fraction of sp³-hybridized carbons (Fsp3) is 0.429. The minimum atomic E-state index is -0.542. The summed E-state index contributed by atoms with van der Waals surface area (Å²) in [5.41, 5.74) is 0.826. The molecule has 1 aromatic carbocycles. The van der Waals surface area contributed by atoms with E-state index < -0.39 is 20.2 Å². The molecule has 0 saturated carbocycles. The van der Waals surface area contributed by atoms with E-state index in [1.165, 1.54) is 13.1 Å². The van der Waals surface area contributed by atoms with E-state index in [2.05, 4.69) is 26.7 Å². The zero-order valence-electron chi connectivity index (χ0n) is 10.3. The van der Waals surface area contributed by atoms with Crippen LogP contribution in [0.25, 0.3) is 0 Å². The summed E-state index contributed by atoms with van der Waals surface area (Å²) in [6, 6.07) is 9.37. The van der Waals surface area contributed by atoms with Crippen molar-refractivity contribution in [3.8, 4) is 5.92 Å². The third kappa shape index (κ3) is 9.56. The summed E-state index contributed by atoms with van der Waals surface area (Å²) in [6.45, 7) is 7.03. The molecule has 0 bridgehead atoms. The maximum atomic E-state index is 6.69. The number of hydrogen-bond acceptors (Lipinski definition) is 0. The number of rotatable bonds is 3. The molecule has 1 aromatic rings. The second-order valence-corrected chi connectivity index (χ2v) is 12.4. The molecule has 0 atom stereocenters. The first-order valence-corrected chi connectivity index (χ1v) is 10.9. The van der Waals surface area contributed by atoms with Crippen LogP contribution >= 0.6 is 0 Å². The minimum absolute atomic E-state index is 0. The predicted octanol–water partition coefficient (Wildman–Crippen LogP) is 4.16. The van der Waals surface area contributed by atoms with Gasteiger partial charge < -0.3 is 6.42 Å². The summed E-state index contributed by atoms with van der Waals surface area (Å²) in [7, 11) is 0. The second-order valence-electron chi connectivity index (χ2n) is 3.11. The number of hydrogen-bond donors (Lipinski definition) is 0. The van der Waals surface area contributed by atoms with Crippen molar-refractivity contribution in [1.82, 2.24) is 0 Å². The van der Waals surface area contributed by atoms with Gasteiger partial charge in [0.05, 0.1) is 0 Å². The molecule has 92 valence electrons. The summed E-state index contributed by atoms with van der Waals surface area (Å²) in [6.07, 6.45) is 6.69. The average molecular weight is 507 g/mol. The zero-order chi connectivity index (χ0) is 11.5. The van der Waals surface area contributed by atoms with Crippen LogP contribution < -0.4 is 0 Å². The van der Waals surface area contributed by atoms with Gasteiger partial charge in [0, 0.05) is 0 Å². The molecule has 0 aromatic heterocycles. The van der Waals surface area contributed by atoms with E-state index >= 15 is 0 Å². The van der Waals surface area contributed by atoms with E-state index in [-0.39, 0.29) is 22.4 Å². The van der Waals surface area contributed by atoms with Crippen molar-refractivity contribution in [3.05, 3.63) is 42.3 Å². The Balaban J connectivity index is 0. The van der Waals surface area contributed by atoms with Crippen molar-refractivity contribution in [1.29, 1.82) is 0 Å². The molecule has 0 aliphatic rings. The van der Waals surface area contributed by atoms with Crippen LogP contribution in [0.15, 0.2) is 30.3 Å². The monoisotopic (exact) mass is 506 g/mol. The quantitative estimate of drug-likeness (QED) is 0.328. The van der Waals surface area contributed by atoms with Crippen molar-refractivity contribution in [3.63, 3.8) is 0 Å². The Hall–Kier alpha value is 0.338. The molecular weight excluding hydrogens is 487 g/mol. The second kappa shape index (κ2) is 13.4. The fourth-order valence-electron chi connectivity index (χ4n) is 1.19. The molecule has 0 N–H and O–H groups in total. The zero-order valence-corrected chi connectivity index (χ0v) is 15.0. The summed E-state index contributed by atoms with van der Waals surface area (Å²) in [4.78, 5) is 0. The van der Waals surface area contributed by atoms with Crippen molar-refractivity contribution in [2.75, 3.05) is 0 Å². The Kier molecular flexibility index (Phi) is 15.7. The first-order chi connectivity index (χ1) is 7.28. The summed E-state index contributed by atoms with van der Waals surface area (Å²) < 4.78 is 4.61. The Morgan fingerprint density at radius 1 is 1.00 bits per heavy atom. The fourth-order valence-corrected chi connectivity index (χ4v) is 5.02. The molecule has 0 unspecified atom stereocenters. The van der Waals surface area contributed by atoms with Crippen LogP contribution in [-0.2, 0) is 22.4 Å². The first kappa shape index (κ1) is 18.7. The molecule has 0 aliphatic heterocycles. The van der Waals surface area contributed by atoms with E-state index in [1.807, 2.05) is 30.3 Å². The van der Waals surface area contributed by atoms with Crippen LogP contribution in [0.1, 0.15) is 26.3 Å². The molecule has 2 heteroatoms. The van der Waals surface area contributed by atoms with Crippen LogP contribution in [0, 0.1) is 12.3 Å². The standard InChI is InChI=1S/C8H5.3C2H5.Au.Sb/c1-2-8-6-4-3-5-7-8;3*1-2;;/h3-7H;3*1H2,2H3;;/q-1;;;;+1;. The van der Waals surface area contributed by atoms with E-state index in [0.717, 1.165) is 5.56 Å². The summed E-state index contributed by atoms with van der Waals surface area (Å²) >= 11 is -0.542. The number of benzene rings is 1. The van der Waals surface area contributed by atoms with Gasteiger partial charge in [-0.2, -0.15) is 0 Å². The van der Waals surface area contributed by atoms with Gasteiger partial charge in [0.25, 0.3) is 0 Å². The van der Waals surface area contributed by atoms with Gasteiger partial charge in [-0.1, -0.05) is 18.2 Å². The van der Waals surface area contributed by atoms with Crippen molar-refractivity contribution in [2.45, 2.75) is 33.9 Å². The third-order valence-corrected chi connectivity index (χ3v) is 9.92. The third-order valence-electron chi connectivity index (χ3n) is 2.26. The van der Waals surface area contributed by atoms with Gasteiger partial charge in [-0.3, -0.25) is 5.92 Å². The van der Waals surface area contributed by atoms with Crippen LogP contribution in [0.2, 0.25) is 13.1 Å². The predicted molar refractivity (Wildman–Crippen MR) is 69.9 cm³/mol. The topological polar surface area (TPSA) is 0 Å². The van der Waals surface area contributed by atoms with Gasteiger partial charge in [-0.25, -0.2) is 0 Å².